The molecular formula is C15H14BrClO. The smallest absolute Gasteiger partial charge is 0.150 e. The lowest BCUT2D eigenvalue weighted by molar-refractivity contribution is 0.473. The molecule has 2 rings (SSSR count). The number of hydrogen-bond acceptors (Lipinski definition) is 1. The highest BCUT2D eigenvalue weighted by molar-refractivity contribution is 9.08. The van der Waals surface area contributed by atoms with Crippen LogP contribution < -0.4 is 4.74 Å². The van der Waals surface area contributed by atoms with Crippen LogP contribution in [0.5, 0.6) is 11.5 Å². The Hall–Kier alpha value is -0.990. The van der Waals surface area contributed by atoms with Gasteiger partial charge in [0.2, 0.25) is 0 Å². The molecule has 2 aromatic carbocycles. The van der Waals surface area contributed by atoms with E-state index in [0.717, 1.165) is 28.8 Å². The van der Waals surface area contributed by atoms with Crippen molar-refractivity contribution in [3.63, 3.8) is 0 Å². The number of rotatable bonds is 4. The van der Waals surface area contributed by atoms with E-state index in [1.54, 1.807) is 0 Å². The molecule has 0 bridgehead atoms. The van der Waals surface area contributed by atoms with Crippen molar-refractivity contribution < 1.29 is 4.74 Å². The van der Waals surface area contributed by atoms with E-state index in [2.05, 4.69) is 28.9 Å². The first-order chi connectivity index (χ1) is 8.76. The van der Waals surface area contributed by atoms with Crippen LogP contribution in [-0.2, 0) is 11.8 Å². The quantitative estimate of drug-likeness (QED) is 0.666. The van der Waals surface area contributed by atoms with Crippen LogP contribution in [0.25, 0.3) is 0 Å². The van der Waals surface area contributed by atoms with Gasteiger partial charge in [0, 0.05) is 10.9 Å². The Labute approximate surface area is 121 Å². The molecule has 0 aromatic heterocycles. The molecule has 0 aliphatic carbocycles. The van der Waals surface area contributed by atoms with Crippen molar-refractivity contribution in [2.24, 2.45) is 0 Å². The molecule has 0 fully saturated rings. The summed E-state index contributed by atoms with van der Waals surface area (Å²) >= 11 is 9.66. The average molecular weight is 326 g/mol. The number of halogens is 2. The van der Waals surface area contributed by atoms with Crippen LogP contribution in [0.1, 0.15) is 18.1 Å². The van der Waals surface area contributed by atoms with Gasteiger partial charge < -0.3 is 4.74 Å². The minimum atomic E-state index is 0.637. The Balaban J connectivity index is 2.39. The van der Waals surface area contributed by atoms with Crippen LogP contribution in [0.15, 0.2) is 42.5 Å². The van der Waals surface area contributed by atoms with Gasteiger partial charge >= 0.3 is 0 Å². The van der Waals surface area contributed by atoms with Gasteiger partial charge in [-0.2, -0.15) is 0 Å². The summed E-state index contributed by atoms with van der Waals surface area (Å²) in [5.74, 6) is 1.60. The van der Waals surface area contributed by atoms with Crippen molar-refractivity contribution in [3.05, 3.63) is 58.6 Å². The maximum Gasteiger partial charge on any atom is 0.150 e. The van der Waals surface area contributed by atoms with Gasteiger partial charge in [-0.1, -0.05) is 64.8 Å². The highest BCUT2D eigenvalue weighted by Gasteiger charge is 2.10. The lowest BCUT2D eigenvalue weighted by Crippen LogP contribution is -1.94. The fourth-order valence-corrected chi connectivity index (χ4v) is 2.45. The van der Waals surface area contributed by atoms with Gasteiger partial charge in [0.1, 0.15) is 11.5 Å². The summed E-state index contributed by atoms with van der Waals surface area (Å²) < 4.78 is 5.99. The predicted octanol–water partition coefficient (Wildman–Crippen LogP) is 5.59. The Bertz CT molecular complexity index is 540. The lowest BCUT2D eigenvalue weighted by Gasteiger charge is -2.13. The highest BCUT2D eigenvalue weighted by atomic mass is 79.9. The van der Waals surface area contributed by atoms with E-state index in [4.69, 9.17) is 16.3 Å². The molecule has 0 atom stereocenters. The second-order valence-electron chi connectivity index (χ2n) is 3.93. The Kier molecular flexibility index (Phi) is 4.67. The maximum absolute atomic E-state index is 6.21. The van der Waals surface area contributed by atoms with Crippen LogP contribution in [0.3, 0.4) is 0 Å². The monoisotopic (exact) mass is 324 g/mol. The molecule has 0 spiro atoms. The molecule has 2 aromatic rings. The van der Waals surface area contributed by atoms with Gasteiger partial charge in [0.05, 0.1) is 5.02 Å². The van der Waals surface area contributed by atoms with Crippen molar-refractivity contribution in [3.8, 4) is 11.5 Å². The molecule has 0 aliphatic rings. The molecule has 3 heteroatoms. The summed E-state index contributed by atoms with van der Waals surface area (Å²) in [5, 5.41) is 1.36. The highest BCUT2D eigenvalue weighted by Crippen LogP contribution is 2.35. The summed E-state index contributed by atoms with van der Waals surface area (Å²) in [5.41, 5.74) is 2.23. The first-order valence-electron chi connectivity index (χ1n) is 5.85. The van der Waals surface area contributed by atoms with Crippen molar-refractivity contribution in [2.75, 3.05) is 0 Å². The first-order valence-corrected chi connectivity index (χ1v) is 7.35. The largest absolute Gasteiger partial charge is 0.455 e. The molecule has 0 saturated heterocycles. The standard InChI is InChI=1S/C15H14BrClO/c1-2-11-6-3-4-9-14(11)18-15-12(10-16)7-5-8-13(15)17/h3-9H,2,10H2,1H3. The molecule has 0 aliphatic heterocycles. The molecule has 0 heterocycles. The number of aryl methyl sites for hydroxylation is 1. The Morgan fingerprint density at radius 3 is 2.50 bits per heavy atom. The van der Waals surface area contributed by atoms with Crippen molar-refractivity contribution >= 4 is 27.5 Å². The second-order valence-corrected chi connectivity index (χ2v) is 4.89. The van der Waals surface area contributed by atoms with Crippen LogP contribution in [0.2, 0.25) is 5.02 Å². The summed E-state index contributed by atoms with van der Waals surface area (Å²) in [6.45, 7) is 2.11. The zero-order valence-corrected chi connectivity index (χ0v) is 12.5. The summed E-state index contributed by atoms with van der Waals surface area (Å²) in [7, 11) is 0. The van der Waals surface area contributed by atoms with Crippen LogP contribution in [-0.4, -0.2) is 0 Å². The van der Waals surface area contributed by atoms with Gasteiger partial charge in [-0.15, -0.1) is 0 Å². The number of benzene rings is 2. The van der Waals surface area contributed by atoms with Gasteiger partial charge in [0.25, 0.3) is 0 Å². The van der Waals surface area contributed by atoms with E-state index in [0.29, 0.717) is 5.02 Å². The molecule has 0 amide bonds. The van der Waals surface area contributed by atoms with Crippen molar-refractivity contribution in [2.45, 2.75) is 18.7 Å². The third-order valence-corrected chi connectivity index (χ3v) is 3.66. The van der Waals surface area contributed by atoms with Crippen LogP contribution >= 0.6 is 27.5 Å². The molecule has 94 valence electrons. The first kappa shape index (κ1) is 13.4. The minimum absolute atomic E-state index is 0.637. The number of ether oxygens (including phenoxy) is 1. The number of hydrogen-bond donors (Lipinski definition) is 0. The minimum Gasteiger partial charge on any atom is -0.455 e. The maximum atomic E-state index is 6.21. The van der Waals surface area contributed by atoms with Crippen LogP contribution in [0.4, 0.5) is 0 Å². The predicted molar refractivity (Wildman–Crippen MR) is 80.0 cm³/mol. The summed E-state index contributed by atoms with van der Waals surface area (Å²) in [6, 6.07) is 13.8. The molecule has 0 unspecified atom stereocenters. The van der Waals surface area contributed by atoms with Gasteiger partial charge in [0.15, 0.2) is 0 Å². The second kappa shape index (κ2) is 6.26. The molecule has 0 radical (unpaired) electrons. The van der Waals surface area contributed by atoms with Gasteiger partial charge in [-0.3, -0.25) is 0 Å². The zero-order valence-electron chi connectivity index (χ0n) is 10.1. The van der Waals surface area contributed by atoms with E-state index < -0.39 is 0 Å². The van der Waals surface area contributed by atoms with Crippen LogP contribution in [0, 0.1) is 0 Å². The number of alkyl halides is 1. The van der Waals surface area contributed by atoms with E-state index in [1.165, 1.54) is 5.56 Å². The molecular weight excluding hydrogens is 312 g/mol. The van der Waals surface area contributed by atoms with E-state index in [9.17, 15) is 0 Å². The van der Waals surface area contributed by atoms with Gasteiger partial charge in [-0.05, 0) is 24.1 Å². The zero-order chi connectivity index (χ0) is 13.0. The average Bonchev–Trinajstić information content (AvgIpc) is 2.41. The molecule has 18 heavy (non-hydrogen) atoms. The Morgan fingerprint density at radius 1 is 1.06 bits per heavy atom. The van der Waals surface area contributed by atoms with E-state index in [1.807, 2.05) is 36.4 Å². The molecule has 0 N–H and O–H groups in total. The Morgan fingerprint density at radius 2 is 1.78 bits per heavy atom. The molecule has 0 saturated carbocycles. The molecule has 1 nitrogen and oxygen atoms in total. The van der Waals surface area contributed by atoms with Crippen molar-refractivity contribution in [1.82, 2.24) is 0 Å². The normalized spacial score (nSPS) is 10.4. The fraction of sp³-hybridized carbons (Fsp3) is 0.200. The van der Waals surface area contributed by atoms with Gasteiger partial charge in [-0.25, -0.2) is 0 Å². The third kappa shape index (κ3) is 2.88. The SMILES string of the molecule is CCc1ccccc1Oc1c(Cl)cccc1CBr. The lowest BCUT2D eigenvalue weighted by atomic mass is 10.1. The third-order valence-electron chi connectivity index (χ3n) is 2.76. The van der Waals surface area contributed by atoms with E-state index in [-0.39, 0.29) is 0 Å². The number of para-hydroxylation sites is 2. The summed E-state index contributed by atoms with van der Waals surface area (Å²) in [4.78, 5) is 0. The fourth-order valence-electron chi connectivity index (χ4n) is 1.78. The van der Waals surface area contributed by atoms with E-state index >= 15 is 0 Å². The summed E-state index contributed by atoms with van der Waals surface area (Å²) in [6.07, 6.45) is 0.935. The van der Waals surface area contributed by atoms with Crippen molar-refractivity contribution in [1.29, 1.82) is 0 Å². The topological polar surface area (TPSA) is 9.23 Å².